The SMILES string of the molecule is Cc1cc(C(=O)O)c2c(c1)c(C(C)C)cn2C(C)C. The predicted octanol–water partition coefficient (Wildman–Crippen LogP) is 4.35. The molecule has 0 saturated carbocycles. The average Bonchev–Trinajstić information content (AvgIpc) is 2.66. The molecule has 0 aliphatic rings. The topological polar surface area (TPSA) is 42.2 Å². The van der Waals surface area contributed by atoms with E-state index in [0.717, 1.165) is 16.5 Å². The molecule has 19 heavy (non-hydrogen) atoms. The summed E-state index contributed by atoms with van der Waals surface area (Å²) in [6.07, 6.45) is 2.10. The Labute approximate surface area is 113 Å². The minimum atomic E-state index is -0.857. The molecule has 0 aliphatic carbocycles. The van der Waals surface area contributed by atoms with Gasteiger partial charge < -0.3 is 9.67 Å². The summed E-state index contributed by atoms with van der Waals surface area (Å²) in [5.41, 5.74) is 3.45. The summed E-state index contributed by atoms with van der Waals surface area (Å²) in [5, 5.41) is 10.5. The molecule has 1 aromatic carbocycles. The van der Waals surface area contributed by atoms with Crippen LogP contribution in [0.1, 0.15) is 61.1 Å². The molecule has 2 rings (SSSR count). The van der Waals surface area contributed by atoms with E-state index in [1.54, 1.807) is 6.07 Å². The normalized spacial score (nSPS) is 11.7. The lowest BCUT2D eigenvalue weighted by atomic mass is 9.99. The van der Waals surface area contributed by atoms with Gasteiger partial charge in [-0.05, 0) is 49.9 Å². The smallest absolute Gasteiger partial charge is 0.337 e. The van der Waals surface area contributed by atoms with Crippen LogP contribution < -0.4 is 0 Å². The van der Waals surface area contributed by atoms with Gasteiger partial charge in [0.25, 0.3) is 0 Å². The van der Waals surface area contributed by atoms with Crippen LogP contribution in [0, 0.1) is 6.92 Å². The fourth-order valence-corrected chi connectivity index (χ4v) is 2.59. The molecule has 3 nitrogen and oxygen atoms in total. The van der Waals surface area contributed by atoms with Crippen LogP contribution in [0.3, 0.4) is 0 Å². The Morgan fingerprint density at radius 2 is 1.84 bits per heavy atom. The molecule has 0 atom stereocenters. The molecule has 1 N–H and O–H groups in total. The van der Waals surface area contributed by atoms with Crippen molar-refractivity contribution >= 4 is 16.9 Å². The van der Waals surface area contributed by atoms with Gasteiger partial charge in [0.05, 0.1) is 11.1 Å². The summed E-state index contributed by atoms with van der Waals surface area (Å²) in [5.74, 6) is -0.477. The Kier molecular flexibility index (Phi) is 3.40. The Balaban J connectivity index is 2.93. The molecule has 0 unspecified atom stereocenters. The van der Waals surface area contributed by atoms with E-state index in [-0.39, 0.29) is 6.04 Å². The van der Waals surface area contributed by atoms with Crippen molar-refractivity contribution in [3.63, 3.8) is 0 Å². The summed E-state index contributed by atoms with van der Waals surface area (Å²) in [6, 6.07) is 4.10. The number of carbonyl (C=O) groups is 1. The van der Waals surface area contributed by atoms with Gasteiger partial charge >= 0.3 is 5.97 Å². The third kappa shape index (κ3) is 2.25. The van der Waals surface area contributed by atoms with E-state index in [9.17, 15) is 9.90 Å². The van der Waals surface area contributed by atoms with Crippen LogP contribution in [-0.2, 0) is 0 Å². The number of hydrogen-bond acceptors (Lipinski definition) is 1. The van der Waals surface area contributed by atoms with Gasteiger partial charge in [-0.25, -0.2) is 4.79 Å². The van der Waals surface area contributed by atoms with E-state index in [1.807, 2.05) is 6.92 Å². The first-order valence-electron chi connectivity index (χ1n) is 6.71. The van der Waals surface area contributed by atoms with Crippen LogP contribution in [0.2, 0.25) is 0 Å². The minimum absolute atomic E-state index is 0.246. The van der Waals surface area contributed by atoms with Gasteiger partial charge in [-0.1, -0.05) is 13.8 Å². The number of carboxylic acids is 1. The first kappa shape index (κ1) is 13.7. The van der Waals surface area contributed by atoms with Gasteiger partial charge in [0.1, 0.15) is 0 Å². The standard InChI is InChI=1S/C16H21NO2/c1-9(2)14-8-17(10(3)4)15-12(14)6-11(5)7-13(15)16(18)19/h6-10H,1-5H3,(H,18,19). The highest BCUT2D eigenvalue weighted by Crippen LogP contribution is 2.33. The lowest BCUT2D eigenvalue weighted by Gasteiger charge is -2.11. The number of fused-ring (bicyclic) bond motifs is 1. The van der Waals surface area contributed by atoms with E-state index in [4.69, 9.17) is 0 Å². The second-order valence-corrected chi connectivity index (χ2v) is 5.75. The van der Waals surface area contributed by atoms with Crippen LogP contribution in [0.25, 0.3) is 10.9 Å². The third-order valence-electron chi connectivity index (χ3n) is 3.51. The lowest BCUT2D eigenvalue weighted by Crippen LogP contribution is -2.05. The van der Waals surface area contributed by atoms with Gasteiger partial charge in [0.2, 0.25) is 0 Å². The highest BCUT2D eigenvalue weighted by molar-refractivity contribution is 6.04. The molecule has 0 amide bonds. The molecule has 1 heterocycles. The fourth-order valence-electron chi connectivity index (χ4n) is 2.59. The number of hydrogen-bond donors (Lipinski definition) is 1. The van der Waals surface area contributed by atoms with E-state index < -0.39 is 5.97 Å². The summed E-state index contributed by atoms with van der Waals surface area (Å²) in [7, 11) is 0. The second-order valence-electron chi connectivity index (χ2n) is 5.75. The predicted molar refractivity (Wildman–Crippen MR) is 78.1 cm³/mol. The monoisotopic (exact) mass is 259 g/mol. The zero-order valence-corrected chi connectivity index (χ0v) is 12.2. The number of carboxylic acid groups (broad SMARTS) is 1. The van der Waals surface area contributed by atoms with Crippen molar-refractivity contribution in [2.24, 2.45) is 0 Å². The molecule has 0 spiro atoms. The van der Waals surface area contributed by atoms with Crippen molar-refractivity contribution in [3.05, 3.63) is 35.0 Å². The highest BCUT2D eigenvalue weighted by atomic mass is 16.4. The zero-order valence-electron chi connectivity index (χ0n) is 12.2. The van der Waals surface area contributed by atoms with Crippen LogP contribution in [0.5, 0.6) is 0 Å². The molecule has 2 aromatic rings. The maximum Gasteiger partial charge on any atom is 0.337 e. The van der Waals surface area contributed by atoms with Crippen molar-refractivity contribution in [3.8, 4) is 0 Å². The Morgan fingerprint density at radius 1 is 1.21 bits per heavy atom. The van der Waals surface area contributed by atoms with Crippen molar-refractivity contribution in [2.45, 2.75) is 46.6 Å². The molecule has 102 valence electrons. The number of rotatable bonds is 3. The van der Waals surface area contributed by atoms with E-state index in [1.165, 1.54) is 5.56 Å². The van der Waals surface area contributed by atoms with Gasteiger partial charge in [-0.15, -0.1) is 0 Å². The highest BCUT2D eigenvalue weighted by Gasteiger charge is 2.19. The molecule has 0 aliphatic heterocycles. The van der Waals surface area contributed by atoms with Gasteiger partial charge in [0.15, 0.2) is 0 Å². The van der Waals surface area contributed by atoms with Crippen molar-refractivity contribution in [1.29, 1.82) is 0 Å². The zero-order chi connectivity index (χ0) is 14.3. The van der Waals surface area contributed by atoms with Crippen LogP contribution in [-0.4, -0.2) is 15.6 Å². The summed E-state index contributed by atoms with van der Waals surface area (Å²) >= 11 is 0. The average molecular weight is 259 g/mol. The quantitative estimate of drug-likeness (QED) is 0.890. The molecule has 1 aromatic heterocycles. The number of aromatic nitrogens is 1. The van der Waals surface area contributed by atoms with Gasteiger partial charge in [-0.3, -0.25) is 0 Å². The van der Waals surface area contributed by atoms with Crippen LogP contribution >= 0.6 is 0 Å². The molecule has 0 saturated heterocycles. The Hall–Kier alpha value is -1.77. The minimum Gasteiger partial charge on any atom is -0.478 e. The first-order chi connectivity index (χ1) is 8.82. The van der Waals surface area contributed by atoms with Crippen LogP contribution in [0.4, 0.5) is 0 Å². The molecule has 0 fully saturated rings. The van der Waals surface area contributed by atoms with E-state index in [2.05, 4.69) is 44.5 Å². The number of aromatic carboxylic acids is 1. The fraction of sp³-hybridized carbons (Fsp3) is 0.438. The maximum atomic E-state index is 11.5. The van der Waals surface area contributed by atoms with E-state index in [0.29, 0.717) is 11.5 Å². The number of benzene rings is 1. The Morgan fingerprint density at radius 3 is 2.32 bits per heavy atom. The summed E-state index contributed by atoms with van der Waals surface area (Å²) < 4.78 is 2.08. The Bertz CT molecular complexity index is 636. The second kappa shape index (κ2) is 4.72. The first-order valence-corrected chi connectivity index (χ1v) is 6.71. The molecular formula is C16H21NO2. The lowest BCUT2D eigenvalue weighted by molar-refractivity contribution is 0.0698. The van der Waals surface area contributed by atoms with Crippen molar-refractivity contribution < 1.29 is 9.90 Å². The molecule has 0 bridgehead atoms. The molecule has 0 radical (unpaired) electrons. The van der Waals surface area contributed by atoms with E-state index >= 15 is 0 Å². The molecule has 3 heteroatoms. The van der Waals surface area contributed by atoms with Gasteiger partial charge in [-0.2, -0.15) is 0 Å². The molecular weight excluding hydrogens is 238 g/mol. The van der Waals surface area contributed by atoms with Crippen LogP contribution in [0.15, 0.2) is 18.3 Å². The number of nitrogens with zero attached hydrogens (tertiary/aromatic N) is 1. The largest absolute Gasteiger partial charge is 0.478 e. The maximum absolute atomic E-state index is 11.5. The summed E-state index contributed by atoms with van der Waals surface area (Å²) in [4.78, 5) is 11.5. The van der Waals surface area contributed by atoms with Gasteiger partial charge in [0, 0.05) is 17.6 Å². The van der Waals surface area contributed by atoms with Crippen molar-refractivity contribution in [2.75, 3.05) is 0 Å². The summed E-state index contributed by atoms with van der Waals surface area (Å²) in [6.45, 7) is 10.4. The third-order valence-corrected chi connectivity index (χ3v) is 3.51. The van der Waals surface area contributed by atoms with Crippen molar-refractivity contribution in [1.82, 2.24) is 4.57 Å². The number of aryl methyl sites for hydroxylation is 1.